The topological polar surface area (TPSA) is 62.5 Å². The molecular formula is C23H26N2O3. The zero-order chi connectivity index (χ0) is 20.1. The third kappa shape index (κ3) is 4.67. The minimum Gasteiger partial charge on any atom is -0.388 e. The van der Waals surface area contributed by atoms with Gasteiger partial charge in [0, 0.05) is 30.7 Å². The Morgan fingerprint density at radius 2 is 1.75 bits per heavy atom. The minimum absolute atomic E-state index is 0.0608. The van der Waals surface area contributed by atoms with Crippen LogP contribution >= 0.6 is 0 Å². The second kappa shape index (κ2) is 8.40. The maximum Gasteiger partial charge on any atom is 0.242 e. The summed E-state index contributed by atoms with van der Waals surface area (Å²) in [4.78, 5) is 26.9. The quantitative estimate of drug-likeness (QED) is 0.687. The van der Waals surface area contributed by atoms with Gasteiger partial charge in [0.1, 0.15) is 6.54 Å². The fraction of sp³-hybridized carbons (Fsp3) is 0.304. The average molecular weight is 378 g/mol. The monoisotopic (exact) mass is 378 g/mol. The van der Waals surface area contributed by atoms with Crippen molar-refractivity contribution in [3.8, 4) is 0 Å². The zero-order valence-corrected chi connectivity index (χ0v) is 16.3. The summed E-state index contributed by atoms with van der Waals surface area (Å²) in [6.45, 7) is 4.42. The number of hydrogen-bond donors (Lipinski definition) is 1. The highest BCUT2D eigenvalue weighted by Crippen LogP contribution is 2.16. The summed E-state index contributed by atoms with van der Waals surface area (Å²) in [7, 11) is 0. The van der Waals surface area contributed by atoms with Crippen molar-refractivity contribution >= 4 is 16.8 Å². The van der Waals surface area contributed by atoms with Crippen molar-refractivity contribution in [1.29, 1.82) is 0 Å². The first kappa shape index (κ1) is 19.8. The van der Waals surface area contributed by atoms with E-state index in [1.165, 1.54) is 6.07 Å². The standard InChI is InChI=1S/C23H26N2O3/c1-3-23(2,28)17-25(15-18-9-5-4-6-10-18)22(27)16-24-14-13-21(26)19-11-7-8-12-20(19)24/h4-14,28H,3,15-17H2,1-2H3. The Bertz CT molecular complexity index is 1010. The number of hydrogen-bond acceptors (Lipinski definition) is 3. The van der Waals surface area contributed by atoms with Crippen LogP contribution in [0.2, 0.25) is 0 Å². The predicted molar refractivity (Wildman–Crippen MR) is 111 cm³/mol. The van der Waals surface area contributed by atoms with E-state index in [0.29, 0.717) is 18.4 Å². The van der Waals surface area contributed by atoms with E-state index in [-0.39, 0.29) is 24.4 Å². The van der Waals surface area contributed by atoms with Crippen LogP contribution in [0, 0.1) is 0 Å². The highest BCUT2D eigenvalue weighted by molar-refractivity contribution is 5.82. The van der Waals surface area contributed by atoms with E-state index in [9.17, 15) is 14.7 Å². The van der Waals surface area contributed by atoms with E-state index in [2.05, 4.69) is 0 Å². The van der Waals surface area contributed by atoms with Gasteiger partial charge in [-0.05, 0) is 31.0 Å². The average Bonchev–Trinajstić information content (AvgIpc) is 2.70. The van der Waals surface area contributed by atoms with Gasteiger partial charge in [-0.1, -0.05) is 49.4 Å². The molecule has 2 aromatic carbocycles. The number of amides is 1. The highest BCUT2D eigenvalue weighted by atomic mass is 16.3. The van der Waals surface area contributed by atoms with Gasteiger partial charge in [-0.25, -0.2) is 0 Å². The summed E-state index contributed by atoms with van der Waals surface area (Å²) in [5, 5.41) is 11.1. The molecule has 1 amide bonds. The van der Waals surface area contributed by atoms with Crippen molar-refractivity contribution in [2.24, 2.45) is 0 Å². The Balaban J connectivity index is 1.89. The molecule has 0 spiro atoms. The Hall–Kier alpha value is -2.92. The van der Waals surface area contributed by atoms with Gasteiger partial charge >= 0.3 is 0 Å². The largest absolute Gasteiger partial charge is 0.388 e. The molecule has 1 unspecified atom stereocenters. The van der Waals surface area contributed by atoms with Gasteiger partial charge in [0.05, 0.1) is 11.1 Å². The molecule has 0 saturated carbocycles. The summed E-state index contributed by atoms with van der Waals surface area (Å²) < 4.78 is 1.79. The number of nitrogens with zero attached hydrogens (tertiary/aromatic N) is 2. The summed E-state index contributed by atoms with van der Waals surface area (Å²) in [6, 6.07) is 18.5. The lowest BCUT2D eigenvalue weighted by Gasteiger charge is -2.31. The Labute approximate surface area is 164 Å². The third-order valence-electron chi connectivity index (χ3n) is 5.05. The molecule has 1 N–H and O–H groups in total. The number of aromatic nitrogens is 1. The second-order valence-corrected chi connectivity index (χ2v) is 7.41. The molecule has 3 rings (SSSR count). The molecule has 0 radical (unpaired) electrons. The maximum atomic E-state index is 13.2. The van der Waals surface area contributed by atoms with Gasteiger partial charge in [0.15, 0.2) is 5.43 Å². The first-order valence-electron chi connectivity index (χ1n) is 9.52. The van der Waals surface area contributed by atoms with Gasteiger partial charge in [-0.15, -0.1) is 0 Å². The maximum absolute atomic E-state index is 13.2. The van der Waals surface area contributed by atoms with Crippen LogP contribution in [-0.2, 0) is 17.9 Å². The van der Waals surface area contributed by atoms with Gasteiger partial charge in [0.2, 0.25) is 5.91 Å². The number of carbonyl (C=O) groups is 1. The van der Waals surface area contributed by atoms with Crippen LogP contribution in [-0.4, -0.2) is 32.6 Å². The summed E-state index contributed by atoms with van der Waals surface area (Å²) >= 11 is 0. The molecule has 5 nitrogen and oxygen atoms in total. The van der Waals surface area contributed by atoms with Gasteiger partial charge in [-0.2, -0.15) is 0 Å². The van der Waals surface area contributed by atoms with Crippen LogP contribution in [0.15, 0.2) is 71.7 Å². The minimum atomic E-state index is -0.962. The molecule has 0 aliphatic carbocycles. The van der Waals surface area contributed by atoms with E-state index in [4.69, 9.17) is 0 Å². The summed E-state index contributed by atoms with van der Waals surface area (Å²) in [5.41, 5.74) is 0.711. The molecule has 3 aromatic rings. The zero-order valence-electron chi connectivity index (χ0n) is 16.3. The molecule has 1 heterocycles. The van der Waals surface area contributed by atoms with Crippen LogP contribution in [0.3, 0.4) is 0 Å². The Morgan fingerprint density at radius 1 is 1.07 bits per heavy atom. The number of carbonyl (C=O) groups excluding carboxylic acids is 1. The number of para-hydroxylation sites is 1. The number of aliphatic hydroxyl groups is 1. The molecule has 0 aliphatic rings. The van der Waals surface area contributed by atoms with Crippen LogP contribution in [0.5, 0.6) is 0 Å². The van der Waals surface area contributed by atoms with Crippen molar-refractivity contribution < 1.29 is 9.90 Å². The van der Waals surface area contributed by atoms with E-state index < -0.39 is 5.60 Å². The van der Waals surface area contributed by atoms with Crippen molar-refractivity contribution in [3.05, 3.63) is 82.6 Å². The lowest BCUT2D eigenvalue weighted by atomic mass is 10.0. The molecule has 0 saturated heterocycles. The van der Waals surface area contributed by atoms with Crippen molar-refractivity contribution in [3.63, 3.8) is 0 Å². The second-order valence-electron chi connectivity index (χ2n) is 7.41. The first-order chi connectivity index (χ1) is 13.4. The van der Waals surface area contributed by atoms with Crippen molar-refractivity contribution in [2.75, 3.05) is 6.54 Å². The molecule has 1 atom stereocenters. The first-order valence-corrected chi connectivity index (χ1v) is 9.52. The predicted octanol–water partition coefficient (Wildman–Crippen LogP) is 3.19. The lowest BCUT2D eigenvalue weighted by molar-refractivity contribution is -0.136. The molecule has 0 fully saturated rings. The number of rotatable bonds is 7. The molecule has 28 heavy (non-hydrogen) atoms. The molecule has 0 aliphatic heterocycles. The fourth-order valence-corrected chi connectivity index (χ4v) is 3.20. The van der Waals surface area contributed by atoms with Gasteiger partial charge in [0.25, 0.3) is 0 Å². The van der Waals surface area contributed by atoms with Crippen molar-refractivity contribution in [2.45, 2.75) is 39.0 Å². The van der Waals surface area contributed by atoms with Crippen molar-refractivity contribution in [1.82, 2.24) is 9.47 Å². The van der Waals surface area contributed by atoms with E-state index in [0.717, 1.165) is 11.1 Å². The Morgan fingerprint density at radius 3 is 2.46 bits per heavy atom. The lowest BCUT2D eigenvalue weighted by Crippen LogP contribution is -2.44. The van der Waals surface area contributed by atoms with E-state index >= 15 is 0 Å². The molecule has 1 aromatic heterocycles. The van der Waals surface area contributed by atoms with Gasteiger partial charge in [-0.3, -0.25) is 9.59 Å². The number of benzene rings is 2. The number of fused-ring (bicyclic) bond motifs is 1. The smallest absolute Gasteiger partial charge is 0.242 e. The highest BCUT2D eigenvalue weighted by Gasteiger charge is 2.25. The van der Waals surface area contributed by atoms with Crippen LogP contribution in [0.1, 0.15) is 25.8 Å². The van der Waals surface area contributed by atoms with Crippen LogP contribution in [0.4, 0.5) is 0 Å². The Kier molecular flexibility index (Phi) is 5.95. The van der Waals surface area contributed by atoms with Crippen LogP contribution in [0.25, 0.3) is 10.9 Å². The SMILES string of the molecule is CCC(C)(O)CN(Cc1ccccc1)C(=O)Cn1ccc(=O)c2ccccc21. The van der Waals surface area contributed by atoms with E-state index in [1.807, 2.05) is 55.5 Å². The van der Waals surface area contributed by atoms with Gasteiger partial charge < -0.3 is 14.6 Å². The molecule has 0 bridgehead atoms. The fourth-order valence-electron chi connectivity index (χ4n) is 3.20. The summed E-state index contributed by atoms with van der Waals surface area (Å²) in [5.74, 6) is -0.105. The number of pyridine rings is 1. The molecule has 5 heteroatoms. The molecular weight excluding hydrogens is 352 g/mol. The normalized spacial score (nSPS) is 13.2. The van der Waals surface area contributed by atoms with Crippen LogP contribution < -0.4 is 5.43 Å². The van der Waals surface area contributed by atoms with E-state index in [1.54, 1.807) is 28.7 Å². The third-order valence-corrected chi connectivity index (χ3v) is 5.05. The summed E-state index contributed by atoms with van der Waals surface area (Å²) in [6.07, 6.45) is 2.20. The molecule has 146 valence electrons.